The highest BCUT2D eigenvalue weighted by Gasteiger charge is 2.49. The second kappa shape index (κ2) is 8.97. The van der Waals surface area contributed by atoms with Crippen LogP contribution in [-0.4, -0.2) is 39.6 Å². The van der Waals surface area contributed by atoms with E-state index in [-0.39, 0.29) is 5.91 Å². The van der Waals surface area contributed by atoms with Crippen molar-refractivity contribution in [3.63, 3.8) is 0 Å². The molecule has 0 spiro atoms. The number of hydrogen-bond donors (Lipinski definition) is 0. The number of carbonyl (C=O) groups excluding carboxylic acids is 1. The van der Waals surface area contributed by atoms with E-state index in [1.54, 1.807) is 25.3 Å². The Balaban J connectivity index is 1.46. The van der Waals surface area contributed by atoms with Crippen molar-refractivity contribution >= 4 is 51.4 Å². The molecule has 1 fully saturated rings. The van der Waals surface area contributed by atoms with Crippen LogP contribution in [-0.2, 0) is 4.79 Å². The Morgan fingerprint density at radius 3 is 2.79 bits per heavy atom. The summed E-state index contributed by atoms with van der Waals surface area (Å²) in [6, 6.07) is 15.1. The molecule has 2 aromatic carbocycles. The molecule has 0 radical (unpaired) electrons. The van der Waals surface area contributed by atoms with Crippen LogP contribution in [0.4, 0.5) is 5.69 Å². The molecule has 6 nitrogen and oxygen atoms in total. The number of nitriles is 1. The lowest BCUT2D eigenvalue weighted by molar-refractivity contribution is -0.123. The van der Waals surface area contributed by atoms with Gasteiger partial charge in [-0.1, -0.05) is 17.7 Å². The molecule has 1 aliphatic heterocycles. The Bertz CT molecular complexity index is 1300. The molecular weight excluding hydrogens is 456 g/mol. The van der Waals surface area contributed by atoms with E-state index in [0.717, 1.165) is 16.7 Å². The Morgan fingerprint density at radius 2 is 2.03 bits per heavy atom. The van der Waals surface area contributed by atoms with Crippen LogP contribution in [0.5, 0.6) is 5.75 Å². The summed E-state index contributed by atoms with van der Waals surface area (Å²) in [5, 5.41) is 11.0. The number of benzene rings is 2. The number of ether oxygens (including phenoxy) is 1. The minimum Gasteiger partial charge on any atom is -0.493 e. The van der Waals surface area contributed by atoms with Crippen LogP contribution in [0.15, 0.2) is 48.7 Å². The minimum absolute atomic E-state index is 0.127. The Labute approximate surface area is 203 Å². The van der Waals surface area contributed by atoms with Crippen molar-refractivity contribution in [1.29, 1.82) is 5.26 Å². The van der Waals surface area contributed by atoms with E-state index in [0.29, 0.717) is 46.5 Å². The van der Waals surface area contributed by atoms with Crippen LogP contribution in [0, 0.1) is 18.3 Å². The summed E-state index contributed by atoms with van der Waals surface area (Å²) < 4.78 is 5.92. The number of aromatic nitrogens is 1. The van der Waals surface area contributed by atoms with Crippen LogP contribution in [0.25, 0.3) is 10.9 Å². The maximum Gasteiger partial charge on any atom is 0.258 e. The number of rotatable bonds is 6. The lowest BCUT2D eigenvalue weighted by Gasteiger charge is -2.29. The van der Waals surface area contributed by atoms with Gasteiger partial charge in [-0.3, -0.25) is 14.7 Å². The zero-order chi connectivity index (χ0) is 23.8. The van der Waals surface area contributed by atoms with Crippen LogP contribution in [0.2, 0.25) is 5.02 Å². The molecule has 0 unspecified atom stereocenters. The topological polar surface area (TPSA) is 69.5 Å². The summed E-state index contributed by atoms with van der Waals surface area (Å²) in [6.07, 6.45) is 2.44. The van der Waals surface area contributed by atoms with E-state index < -0.39 is 5.54 Å². The number of thiocarbonyl (C=S) groups is 1. The van der Waals surface area contributed by atoms with Gasteiger partial charge in [0.25, 0.3) is 5.91 Å². The van der Waals surface area contributed by atoms with Gasteiger partial charge in [-0.15, -0.1) is 0 Å². The van der Waals surface area contributed by atoms with E-state index in [2.05, 4.69) is 11.1 Å². The SMILES string of the molecule is Cc1c(N2C(=O)C(C)(C)N(CCCOc3ccc4cccnc4c3)C2=S)ccc(C#N)c1Cl. The molecule has 4 rings (SSSR count). The number of hydrogen-bond acceptors (Lipinski definition) is 5. The van der Waals surface area contributed by atoms with Gasteiger partial charge in [0, 0.05) is 24.2 Å². The van der Waals surface area contributed by atoms with Gasteiger partial charge in [0.2, 0.25) is 0 Å². The average Bonchev–Trinajstić information content (AvgIpc) is 2.97. The monoisotopic (exact) mass is 478 g/mol. The predicted molar refractivity (Wildman–Crippen MR) is 134 cm³/mol. The van der Waals surface area contributed by atoms with Crippen LogP contribution in [0.3, 0.4) is 0 Å². The predicted octanol–water partition coefficient (Wildman–Crippen LogP) is 5.25. The molecule has 0 saturated carbocycles. The third-order valence-corrected chi connectivity index (χ3v) is 6.80. The van der Waals surface area contributed by atoms with Gasteiger partial charge in [-0.05, 0) is 75.3 Å². The van der Waals surface area contributed by atoms with Crippen molar-refractivity contribution in [2.24, 2.45) is 0 Å². The molecule has 1 aliphatic rings. The Hall–Kier alpha value is -3.21. The summed E-state index contributed by atoms with van der Waals surface area (Å²) in [5.74, 6) is 0.628. The molecule has 1 amide bonds. The first-order chi connectivity index (χ1) is 15.8. The maximum absolute atomic E-state index is 13.3. The molecule has 0 aliphatic carbocycles. The minimum atomic E-state index is -0.809. The number of anilines is 1. The number of halogens is 1. The van der Waals surface area contributed by atoms with Crippen molar-refractivity contribution < 1.29 is 9.53 Å². The molecule has 0 N–H and O–H groups in total. The lowest BCUT2D eigenvalue weighted by atomic mass is 10.0. The molecule has 0 bridgehead atoms. The smallest absolute Gasteiger partial charge is 0.258 e. The van der Waals surface area contributed by atoms with Crippen molar-refractivity contribution in [2.75, 3.05) is 18.1 Å². The largest absolute Gasteiger partial charge is 0.493 e. The summed E-state index contributed by atoms with van der Waals surface area (Å²) in [5.41, 5.74) is 1.69. The number of amides is 1. The lowest BCUT2D eigenvalue weighted by Crippen LogP contribution is -2.44. The number of fused-ring (bicyclic) bond motifs is 1. The zero-order valence-electron chi connectivity index (χ0n) is 18.6. The van der Waals surface area contributed by atoms with Gasteiger partial charge < -0.3 is 9.64 Å². The third-order valence-electron chi connectivity index (χ3n) is 5.91. The summed E-state index contributed by atoms with van der Waals surface area (Å²) in [4.78, 5) is 21.1. The normalized spacial score (nSPS) is 15.2. The van der Waals surface area contributed by atoms with Crippen LogP contribution >= 0.6 is 23.8 Å². The first-order valence-electron chi connectivity index (χ1n) is 10.6. The van der Waals surface area contributed by atoms with Crippen molar-refractivity contribution in [1.82, 2.24) is 9.88 Å². The molecule has 33 heavy (non-hydrogen) atoms. The fraction of sp³-hybridized carbons (Fsp3) is 0.280. The van der Waals surface area contributed by atoms with Crippen molar-refractivity contribution in [3.05, 3.63) is 64.8 Å². The van der Waals surface area contributed by atoms with Crippen LogP contribution < -0.4 is 9.64 Å². The van der Waals surface area contributed by atoms with Crippen molar-refractivity contribution in [3.8, 4) is 11.8 Å². The first-order valence-corrected chi connectivity index (χ1v) is 11.4. The van der Waals surface area contributed by atoms with Gasteiger partial charge in [0.15, 0.2) is 5.11 Å². The maximum atomic E-state index is 13.3. The Kier molecular flexibility index (Phi) is 6.24. The zero-order valence-corrected chi connectivity index (χ0v) is 20.2. The molecule has 168 valence electrons. The van der Waals surface area contributed by atoms with Gasteiger partial charge in [0.05, 0.1) is 28.4 Å². The highest BCUT2D eigenvalue weighted by molar-refractivity contribution is 7.80. The molecule has 3 aromatic rings. The molecule has 8 heteroatoms. The number of nitrogens with zero attached hydrogens (tertiary/aromatic N) is 4. The summed E-state index contributed by atoms with van der Waals surface area (Å²) in [7, 11) is 0. The highest BCUT2D eigenvalue weighted by atomic mass is 35.5. The third kappa shape index (κ3) is 4.12. The van der Waals surface area contributed by atoms with E-state index in [1.807, 2.05) is 49.1 Å². The fourth-order valence-corrected chi connectivity index (χ4v) is 4.68. The van der Waals surface area contributed by atoms with E-state index >= 15 is 0 Å². The van der Waals surface area contributed by atoms with Gasteiger partial charge >= 0.3 is 0 Å². The average molecular weight is 479 g/mol. The van der Waals surface area contributed by atoms with E-state index in [9.17, 15) is 10.1 Å². The van der Waals surface area contributed by atoms with Gasteiger partial charge in [-0.25, -0.2) is 0 Å². The molecule has 2 heterocycles. The first kappa shape index (κ1) is 23.0. The van der Waals surface area contributed by atoms with E-state index in [4.69, 9.17) is 28.6 Å². The summed E-state index contributed by atoms with van der Waals surface area (Å²) >= 11 is 12.0. The molecular formula is C25H23ClN4O2S. The standard InChI is InChI=1S/C25H23ClN4O2S/c1-16-21(10-8-18(15-27)22(16)26)30-23(31)25(2,3)29(24(30)33)12-5-13-32-19-9-7-17-6-4-11-28-20(17)14-19/h4,6-11,14H,5,12-13H2,1-3H3. The highest BCUT2D eigenvalue weighted by Crippen LogP contribution is 2.37. The number of carbonyl (C=O) groups is 1. The van der Waals surface area contributed by atoms with Crippen molar-refractivity contribution in [2.45, 2.75) is 32.7 Å². The fourth-order valence-electron chi connectivity index (χ4n) is 3.98. The molecule has 0 atom stereocenters. The second-order valence-electron chi connectivity index (χ2n) is 8.38. The molecule has 1 saturated heterocycles. The van der Waals surface area contributed by atoms with Gasteiger partial charge in [-0.2, -0.15) is 5.26 Å². The molecule has 1 aromatic heterocycles. The van der Waals surface area contributed by atoms with Crippen LogP contribution in [0.1, 0.15) is 31.4 Å². The van der Waals surface area contributed by atoms with Gasteiger partial charge in [0.1, 0.15) is 17.4 Å². The number of pyridine rings is 1. The quantitative estimate of drug-likeness (QED) is 0.356. The Morgan fingerprint density at radius 1 is 1.24 bits per heavy atom. The summed E-state index contributed by atoms with van der Waals surface area (Å²) in [6.45, 7) is 6.54. The second-order valence-corrected chi connectivity index (χ2v) is 9.12. The van der Waals surface area contributed by atoms with E-state index in [1.165, 1.54) is 4.90 Å².